The highest BCUT2D eigenvalue weighted by atomic mass is 32.2. The minimum Gasteiger partial charge on any atom is -0.377 e. The van der Waals surface area contributed by atoms with Crippen molar-refractivity contribution in [1.29, 1.82) is 0 Å². The molecule has 1 aromatic carbocycles. The van der Waals surface area contributed by atoms with Gasteiger partial charge in [-0.1, -0.05) is 12.1 Å². The summed E-state index contributed by atoms with van der Waals surface area (Å²) in [5.74, 6) is 0.774. The Bertz CT molecular complexity index is 730. The van der Waals surface area contributed by atoms with Crippen LogP contribution in [0.1, 0.15) is 44.0 Å². The van der Waals surface area contributed by atoms with Crippen LogP contribution >= 0.6 is 11.8 Å². The molecule has 2 aromatic rings. The van der Waals surface area contributed by atoms with Crippen molar-refractivity contribution in [2.45, 2.75) is 50.2 Å². The summed E-state index contributed by atoms with van der Waals surface area (Å²) in [6, 6.07) is 7.71. The van der Waals surface area contributed by atoms with E-state index < -0.39 is 0 Å². The monoisotopic (exact) mass is 359 g/mol. The fraction of sp³-hybridized carbons (Fsp3) is 0.474. The highest BCUT2D eigenvalue weighted by Crippen LogP contribution is 2.27. The summed E-state index contributed by atoms with van der Waals surface area (Å²) in [5, 5.41) is 7.28. The largest absolute Gasteiger partial charge is 0.377 e. The van der Waals surface area contributed by atoms with Crippen LogP contribution in [-0.4, -0.2) is 34.2 Å². The number of carbonyl (C=O) groups excluding carboxylic acids is 1. The predicted octanol–water partition coefficient (Wildman–Crippen LogP) is 4.16. The van der Waals surface area contributed by atoms with Gasteiger partial charge >= 0.3 is 0 Å². The second-order valence-electron chi connectivity index (χ2n) is 7.24. The van der Waals surface area contributed by atoms with Crippen molar-refractivity contribution in [3.63, 3.8) is 0 Å². The number of anilines is 1. The summed E-state index contributed by atoms with van der Waals surface area (Å²) >= 11 is 1.69. The van der Waals surface area contributed by atoms with Crippen molar-refractivity contribution in [1.82, 2.24) is 9.78 Å². The van der Waals surface area contributed by atoms with Gasteiger partial charge in [-0.25, -0.2) is 0 Å². The van der Waals surface area contributed by atoms with Crippen molar-refractivity contribution in [2.75, 3.05) is 17.7 Å². The van der Waals surface area contributed by atoms with Crippen LogP contribution in [0.5, 0.6) is 0 Å². The zero-order chi connectivity index (χ0) is 17.9. The molecule has 5 nitrogen and oxygen atoms in total. The van der Waals surface area contributed by atoms with E-state index in [0.29, 0.717) is 17.4 Å². The van der Waals surface area contributed by atoms with Gasteiger partial charge in [0.25, 0.3) is 5.91 Å². The summed E-state index contributed by atoms with van der Waals surface area (Å²) in [7, 11) is 0. The van der Waals surface area contributed by atoms with E-state index in [9.17, 15) is 4.79 Å². The lowest BCUT2D eigenvalue weighted by molar-refractivity contribution is 0.102. The SMILES string of the molecule is CC(C)(C)n1cc(NC(=O)c2ccccc2SCC2CCCO2)cn1. The second-order valence-corrected chi connectivity index (χ2v) is 8.30. The molecule has 1 N–H and O–H groups in total. The van der Waals surface area contributed by atoms with E-state index >= 15 is 0 Å². The first-order valence-electron chi connectivity index (χ1n) is 8.63. The second kappa shape index (κ2) is 7.62. The van der Waals surface area contributed by atoms with E-state index in [1.54, 1.807) is 18.0 Å². The molecule has 0 aliphatic carbocycles. The molecule has 1 aliphatic heterocycles. The summed E-state index contributed by atoms with van der Waals surface area (Å²) in [6.45, 7) is 7.07. The van der Waals surface area contributed by atoms with Crippen molar-refractivity contribution < 1.29 is 9.53 Å². The van der Waals surface area contributed by atoms with Crippen LogP contribution in [0.3, 0.4) is 0 Å². The van der Waals surface area contributed by atoms with Gasteiger partial charge in [0.1, 0.15) is 0 Å². The molecule has 0 radical (unpaired) electrons. The van der Waals surface area contributed by atoms with Crippen LogP contribution < -0.4 is 5.32 Å². The molecule has 3 rings (SSSR count). The van der Waals surface area contributed by atoms with E-state index in [1.807, 2.05) is 35.1 Å². The van der Waals surface area contributed by atoms with E-state index in [0.717, 1.165) is 30.1 Å². The third-order valence-electron chi connectivity index (χ3n) is 4.11. The van der Waals surface area contributed by atoms with Crippen molar-refractivity contribution in [2.24, 2.45) is 0 Å². The molecular weight excluding hydrogens is 334 g/mol. The van der Waals surface area contributed by atoms with E-state index in [-0.39, 0.29) is 11.4 Å². The van der Waals surface area contributed by atoms with Crippen LogP contribution in [-0.2, 0) is 10.3 Å². The maximum absolute atomic E-state index is 12.7. The summed E-state index contributed by atoms with van der Waals surface area (Å²) in [6.07, 6.45) is 6.08. The van der Waals surface area contributed by atoms with Gasteiger partial charge in [-0.15, -0.1) is 11.8 Å². The zero-order valence-corrected chi connectivity index (χ0v) is 15.8. The number of aromatic nitrogens is 2. The molecular formula is C19H25N3O2S. The molecule has 0 bridgehead atoms. The topological polar surface area (TPSA) is 56.2 Å². The number of nitrogens with zero attached hydrogens (tertiary/aromatic N) is 2. The van der Waals surface area contributed by atoms with E-state index in [2.05, 4.69) is 31.2 Å². The number of carbonyl (C=O) groups is 1. The smallest absolute Gasteiger partial charge is 0.256 e. The van der Waals surface area contributed by atoms with Gasteiger partial charge in [0.05, 0.1) is 29.1 Å². The molecule has 134 valence electrons. The number of nitrogens with one attached hydrogen (secondary N) is 1. The maximum atomic E-state index is 12.7. The van der Waals surface area contributed by atoms with Gasteiger partial charge < -0.3 is 10.1 Å². The summed E-state index contributed by atoms with van der Waals surface area (Å²) in [4.78, 5) is 13.7. The zero-order valence-electron chi connectivity index (χ0n) is 15.0. The fourth-order valence-corrected chi connectivity index (χ4v) is 3.81. The molecule has 6 heteroatoms. The maximum Gasteiger partial charge on any atom is 0.256 e. The quantitative estimate of drug-likeness (QED) is 0.815. The van der Waals surface area contributed by atoms with Crippen LogP contribution in [0.15, 0.2) is 41.6 Å². The minimum atomic E-state index is -0.113. The molecule has 2 heterocycles. The van der Waals surface area contributed by atoms with Gasteiger partial charge in [0.15, 0.2) is 0 Å². The Balaban J connectivity index is 1.68. The van der Waals surface area contributed by atoms with Gasteiger partial charge in [0.2, 0.25) is 0 Å². The normalized spacial score (nSPS) is 17.6. The number of rotatable bonds is 5. The van der Waals surface area contributed by atoms with Crippen molar-refractivity contribution >= 4 is 23.4 Å². The third-order valence-corrected chi connectivity index (χ3v) is 5.31. The standard InChI is InChI=1S/C19H25N3O2S/c1-19(2,3)22-12-14(11-20-22)21-18(23)16-8-4-5-9-17(16)25-13-15-7-6-10-24-15/h4-5,8-9,11-12,15H,6-7,10,13H2,1-3H3,(H,21,23). The van der Waals surface area contributed by atoms with Gasteiger partial charge in [-0.3, -0.25) is 9.48 Å². The molecule has 1 aliphatic rings. The van der Waals surface area contributed by atoms with Gasteiger partial charge in [-0.2, -0.15) is 5.10 Å². The number of hydrogen-bond acceptors (Lipinski definition) is 4. The molecule has 1 fully saturated rings. The molecule has 0 spiro atoms. The van der Waals surface area contributed by atoms with Crippen LogP contribution in [0, 0.1) is 0 Å². The molecule has 1 amide bonds. The Morgan fingerprint density at radius 2 is 2.20 bits per heavy atom. The number of benzene rings is 1. The fourth-order valence-electron chi connectivity index (χ4n) is 2.69. The molecule has 1 saturated heterocycles. The predicted molar refractivity (Wildman–Crippen MR) is 101 cm³/mol. The lowest BCUT2D eigenvalue weighted by Gasteiger charge is -2.18. The Morgan fingerprint density at radius 3 is 2.88 bits per heavy atom. The lowest BCUT2D eigenvalue weighted by atomic mass is 10.1. The molecule has 0 saturated carbocycles. The molecule has 1 aromatic heterocycles. The number of thioether (sulfide) groups is 1. The Labute approximate surface area is 153 Å². The molecule has 1 atom stereocenters. The Morgan fingerprint density at radius 1 is 1.40 bits per heavy atom. The third kappa shape index (κ3) is 4.64. The number of ether oxygens (including phenoxy) is 1. The Hall–Kier alpha value is -1.79. The average molecular weight is 359 g/mol. The minimum absolute atomic E-state index is 0.108. The van der Waals surface area contributed by atoms with Gasteiger partial charge in [-0.05, 0) is 45.7 Å². The first-order valence-corrected chi connectivity index (χ1v) is 9.62. The van der Waals surface area contributed by atoms with E-state index in [4.69, 9.17) is 4.74 Å². The average Bonchev–Trinajstić information content (AvgIpc) is 3.24. The summed E-state index contributed by atoms with van der Waals surface area (Å²) < 4.78 is 7.52. The lowest BCUT2D eigenvalue weighted by Crippen LogP contribution is -2.22. The van der Waals surface area contributed by atoms with Crippen LogP contribution in [0.4, 0.5) is 5.69 Å². The molecule has 1 unspecified atom stereocenters. The Kier molecular flexibility index (Phi) is 5.49. The van der Waals surface area contributed by atoms with Crippen molar-refractivity contribution in [3.05, 3.63) is 42.2 Å². The first kappa shape index (κ1) is 18.0. The van der Waals surface area contributed by atoms with Crippen LogP contribution in [0.25, 0.3) is 0 Å². The highest BCUT2D eigenvalue weighted by Gasteiger charge is 2.19. The first-order chi connectivity index (χ1) is 11.9. The van der Waals surface area contributed by atoms with Gasteiger partial charge in [0, 0.05) is 23.5 Å². The number of hydrogen-bond donors (Lipinski definition) is 1. The van der Waals surface area contributed by atoms with Crippen molar-refractivity contribution in [3.8, 4) is 0 Å². The molecule has 25 heavy (non-hydrogen) atoms. The number of amides is 1. The van der Waals surface area contributed by atoms with E-state index in [1.165, 1.54) is 0 Å². The van der Waals surface area contributed by atoms with Crippen LogP contribution in [0.2, 0.25) is 0 Å². The summed E-state index contributed by atoms with van der Waals surface area (Å²) in [5.41, 5.74) is 1.28. The highest BCUT2D eigenvalue weighted by molar-refractivity contribution is 7.99.